The zero-order chi connectivity index (χ0) is 24.8. The van der Waals surface area contributed by atoms with Crippen molar-refractivity contribution in [1.29, 1.82) is 0 Å². The molecule has 0 radical (unpaired) electrons. The van der Waals surface area contributed by atoms with Crippen LogP contribution in [0.2, 0.25) is 5.02 Å². The number of hydrogen-bond acceptors (Lipinski definition) is 4. The Morgan fingerprint density at radius 3 is 2.91 bits per heavy atom. The number of piperidine rings is 1. The number of fused-ring (bicyclic) bond motifs is 1. The smallest absolute Gasteiger partial charge is 0.308 e. The molecular weight excluding hydrogens is 467 g/mol. The van der Waals surface area contributed by atoms with Gasteiger partial charge in [-0.2, -0.15) is 0 Å². The SMILES string of the molecule is COc1ccc2nccc(C(F)CC[C@@H]3CCN(CC#Cc4ccccc4Cl)C[C@@H]3C(=O)O)c2c1. The van der Waals surface area contributed by atoms with E-state index in [0.717, 1.165) is 17.5 Å². The molecule has 5 nitrogen and oxygen atoms in total. The second-order valence-corrected chi connectivity index (χ2v) is 9.25. The molecule has 1 N–H and O–H groups in total. The summed E-state index contributed by atoms with van der Waals surface area (Å²) in [6.07, 6.45) is 1.87. The standard InChI is InChI=1S/C28H28ClFN2O3/c1-35-21-9-11-27-23(17-21)22(12-14-31-27)26(30)10-8-19-13-16-32(18-24(19)28(33)34)15-4-6-20-5-2-3-7-25(20)29/h2-3,5,7,9,11-12,14,17,19,24,26H,8,10,13,15-16,18H2,1H3,(H,33,34)/t19-,24+,26?/m1/s1. The number of aromatic nitrogens is 1. The van der Waals surface area contributed by atoms with E-state index in [1.807, 2.05) is 24.3 Å². The van der Waals surface area contributed by atoms with Crippen molar-refractivity contribution in [3.05, 3.63) is 70.9 Å². The van der Waals surface area contributed by atoms with E-state index in [2.05, 4.69) is 21.7 Å². The molecule has 1 unspecified atom stereocenters. The fraction of sp³-hybridized carbons (Fsp3) is 0.357. The number of likely N-dealkylation sites (tertiary alicyclic amines) is 1. The Morgan fingerprint density at radius 2 is 2.14 bits per heavy atom. The van der Waals surface area contributed by atoms with Crippen molar-refractivity contribution in [2.24, 2.45) is 11.8 Å². The van der Waals surface area contributed by atoms with Crippen LogP contribution in [0.15, 0.2) is 54.7 Å². The van der Waals surface area contributed by atoms with Crippen molar-refractivity contribution in [1.82, 2.24) is 9.88 Å². The minimum atomic E-state index is -1.21. The van der Waals surface area contributed by atoms with Gasteiger partial charge >= 0.3 is 5.97 Å². The molecule has 0 bridgehead atoms. The van der Waals surface area contributed by atoms with Crippen LogP contribution >= 0.6 is 11.6 Å². The first-order valence-electron chi connectivity index (χ1n) is 11.7. The van der Waals surface area contributed by atoms with Crippen LogP contribution in [0.1, 0.15) is 36.6 Å². The van der Waals surface area contributed by atoms with Crippen molar-refractivity contribution >= 4 is 28.5 Å². The topological polar surface area (TPSA) is 62.7 Å². The summed E-state index contributed by atoms with van der Waals surface area (Å²) in [5.74, 6) is 5.35. The molecule has 1 aliphatic rings. The Hall–Kier alpha value is -3.14. The fourth-order valence-corrected chi connectivity index (χ4v) is 4.89. The molecule has 182 valence electrons. The van der Waals surface area contributed by atoms with Crippen LogP contribution in [0.4, 0.5) is 4.39 Å². The summed E-state index contributed by atoms with van der Waals surface area (Å²) < 4.78 is 20.7. The minimum absolute atomic E-state index is 0.0823. The number of rotatable bonds is 7. The summed E-state index contributed by atoms with van der Waals surface area (Å²) in [5, 5.41) is 11.2. The Bertz CT molecular complexity index is 1260. The van der Waals surface area contributed by atoms with Crippen LogP contribution in [0.25, 0.3) is 10.9 Å². The Morgan fingerprint density at radius 1 is 1.31 bits per heavy atom. The average molecular weight is 495 g/mol. The van der Waals surface area contributed by atoms with E-state index in [1.165, 1.54) is 0 Å². The summed E-state index contributed by atoms with van der Waals surface area (Å²) in [4.78, 5) is 18.4. The van der Waals surface area contributed by atoms with Gasteiger partial charge in [0.15, 0.2) is 0 Å². The molecule has 0 spiro atoms. The molecule has 1 saturated heterocycles. The van der Waals surface area contributed by atoms with Gasteiger partial charge < -0.3 is 9.84 Å². The van der Waals surface area contributed by atoms with E-state index in [9.17, 15) is 9.90 Å². The van der Waals surface area contributed by atoms with E-state index in [1.54, 1.807) is 37.6 Å². The highest BCUT2D eigenvalue weighted by atomic mass is 35.5. The van der Waals surface area contributed by atoms with Crippen molar-refractivity contribution in [2.75, 3.05) is 26.7 Å². The molecule has 35 heavy (non-hydrogen) atoms. The molecular formula is C28H28ClFN2O3. The normalized spacial score (nSPS) is 19.1. The molecule has 3 aromatic rings. The van der Waals surface area contributed by atoms with Gasteiger partial charge in [-0.25, -0.2) is 4.39 Å². The lowest BCUT2D eigenvalue weighted by Gasteiger charge is -2.35. The molecule has 0 aliphatic carbocycles. The number of hydrogen-bond donors (Lipinski definition) is 1. The second kappa shape index (κ2) is 11.5. The Kier molecular flexibility index (Phi) is 8.22. The van der Waals surface area contributed by atoms with Crippen molar-refractivity contribution < 1.29 is 19.0 Å². The van der Waals surface area contributed by atoms with E-state index < -0.39 is 18.1 Å². The number of methoxy groups -OCH3 is 1. The first-order chi connectivity index (χ1) is 17.0. The van der Waals surface area contributed by atoms with Gasteiger partial charge in [0, 0.05) is 23.7 Å². The third-order valence-electron chi connectivity index (χ3n) is 6.67. The van der Waals surface area contributed by atoms with Gasteiger partial charge in [0.1, 0.15) is 11.9 Å². The first kappa shape index (κ1) is 25.0. The third kappa shape index (κ3) is 6.11. The van der Waals surface area contributed by atoms with Crippen LogP contribution < -0.4 is 4.74 Å². The van der Waals surface area contributed by atoms with Crippen molar-refractivity contribution in [2.45, 2.75) is 25.4 Å². The van der Waals surface area contributed by atoms with Crippen molar-refractivity contribution in [3.8, 4) is 17.6 Å². The van der Waals surface area contributed by atoms with Gasteiger partial charge in [-0.1, -0.05) is 35.6 Å². The predicted molar refractivity (Wildman–Crippen MR) is 135 cm³/mol. The van der Waals surface area contributed by atoms with Gasteiger partial charge in [0.25, 0.3) is 0 Å². The van der Waals surface area contributed by atoms with E-state index in [-0.39, 0.29) is 12.3 Å². The third-order valence-corrected chi connectivity index (χ3v) is 7.00. The molecule has 1 aromatic heterocycles. The summed E-state index contributed by atoms with van der Waals surface area (Å²) in [5.41, 5.74) is 2.03. The first-order valence-corrected chi connectivity index (χ1v) is 12.1. The molecule has 2 aromatic carbocycles. The number of nitrogens with zero attached hydrogens (tertiary/aromatic N) is 2. The summed E-state index contributed by atoms with van der Waals surface area (Å²) >= 11 is 6.15. The maximum absolute atomic E-state index is 15.4. The maximum atomic E-state index is 15.4. The van der Waals surface area contributed by atoms with Crippen LogP contribution in [0.5, 0.6) is 5.75 Å². The highest BCUT2D eigenvalue weighted by Crippen LogP contribution is 2.35. The Labute approximate surface area is 209 Å². The number of ether oxygens (including phenoxy) is 1. The number of pyridine rings is 1. The fourth-order valence-electron chi connectivity index (χ4n) is 4.71. The van der Waals surface area contributed by atoms with E-state index in [4.69, 9.17) is 16.3 Å². The molecule has 7 heteroatoms. The van der Waals surface area contributed by atoms with Gasteiger partial charge in [-0.15, -0.1) is 0 Å². The molecule has 2 heterocycles. The number of benzene rings is 2. The molecule has 0 amide bonds. The second-order valence-electron chi connectivity index (χ2n) is 8.84. The average Bonchev–Trinajstić information content (AvgIpc) is 2.88. The zero-order valence-electron chi connectivity index (χ0n) is 19.6. The predicted octanol–water partition coefficient (Wildman–Crippen LogP) is 5.76. The highest BCUT2D eigenvalue weighted by Gasteiger charge is 2.34. The van der Waals surface area contributed by atoms with Gasteiger partial charge in [-0.3, -0.25) is 14.7 Å². The number of alkyl halides is 1. The van der Waals surface area contributed by atoms with Crippen LogP contribution in [0, 0.1) is 23.7 Å². The number of carbonyl (C=O) groups is 1. The van der Waals surface area contributed by atoms with Gasteiger partial charge in [0.2, 0.25) is 0 Å². The van der Waals surface area contributed by atoms with Crippen LogP contribution in [-0.2, 0) is 4.79 Å². The summed E-state index contributed by atoms with van der Waals surface area (Å²) in [6, 6.07) is 14.5. The zero-order valence-corrected chi connectivity index (χ0v) is 20.3. The number of halogens is 2. The minimum Gasteiger partial charge on any atom is -0.497 e. The van der Waals surface area contributed by atoms with Gasteiger partial charge in [0.05, 0.1) is 30.1 Å². The van der Waals surface area contributed by atoms with Crippen molar-refractivity contribution in [3.63, 3.8) is 0 Å². The van der Waals surface area contributed by atoms with Crippen LogP contribution in [-0.4, -0.2) is 47.7 Å². The van der Waals surface area contributed by atoms with Crippen LogP contribution in [0.3, 0.4) is 0 Å². The lowest BCUT2D eigenvalue weighted by Crippen LogP contribution is -2.44. The highest BCUT2D eigenvalue weighted by molar-refractivity contribution is 6.31. The lowest BCUT2D eigenvalue weighted by molar-refractivity contribution is -0.146. The summed E-state index contributed by atoms with van der Waals surface area (Å²) in [7, 11) is 1.57. The molecule has 3 atom stereocenters. The number of carboxylic acid groups (broad SMARTS) is 1. The van der Waals surface area contributed by atoms with E-state index >= 15 is 4.39 Å². The van der Waals surface area contributed by atoms with E-state index in [0.29, 0.717) is 47.8 Å². The molecule has 0 saturated carbocycles. The van der Waals surface area contributed by atoms with Gasteiger partial charge in [-0.05, 0) is 73.7 Å². The number of carboxylic acids is 1. The lowest BCUT2D eigenvalue weighted by atomic mass is 9.81. The number of aliphatic carboxylic acids is 1. The quantitative estimate of drug-likeness (QED) is 0.423. The summed E-state index contributed by atoms with van der Waals surface area (Å²) in [6.45, 7) is 1.61. The molecule has 1 aliphatic heterocycles. The largest absolute Gasteiger partial charge is 0.497 e. The molecule has 1 fully saturated rings. The monoisotopic (exact) mass is 494 g/mol. The maximum Gasteiger partial charge on any atom is 0.308 e. The Balaban J connectivity index is 1.38. The molecule has 4 rings (SSSR count).